The molecule has 1 aliphatic heterocycles. The van der Waals surface area contributed by atoms with Gasteiger partial charge < -0.3 is 10.2 Å². The van der Waals surface area contributed by atoms with Gasteiger partial charge >= 0.3 is 0 Å². The van der Waals surface area contributed by atoms with Crippen LogP contribution in [0.5, 0.6) is 0 Å². The van der Waals surface area contributed by atoms with Gasteiger partial charge in [0.2, 0.25) is 5.91 Å². The molecular formula is C21H20N4O2. The standard InChI is InChI=1S/C21H20N4O2/c26-19-11-15(12-25(19)16-9-13-5-1-2-6-14(13)10-16)22-21(27)20-17-7-3-4-8-18(17)23-24-20/h1-8,15-16H,9-12H2,(H,22,27)(H,23,24)/t15-/m1/s1. The highest BCUT2D eigenvalue weighted by Crippen LogP contribution is 2.28. The predicted octanol–water partition coefficient (Wildman–Crippen LogP) is 2.06. The van der Waals surface area contributed by atoms with E-state index in [1.807, 2.05) is 41.3 Å². The highest BCUT2D eigenvalue weighted by atomic mass is 16.2. The largest absolute Gasteiger partial charge is 0.346 e. The fraction of sp³-hybridized carbons (Fsp3) is 0.286. The normalized spacial score (nSPS) is 19.6. The van der Waals surface area contributed by atoms with Crippen LogP contribution in [0, 0.1) is 0 Å². The van der Waals surface area contributed by atoms with Gasteiger partial charge in [0, 0.05) is 24.4 Å². The first-order chi connectivity index (χ1) is 13.2. The first-order valence-electron chi connectivity index (χ1n) is 9.29. The van der Waals surface area contributed by atoms with Crippen molar-refractivity contribution < 1.29 is 9.59 Å². The number of benzene rings is 2. The summed E-state index contributed by atoms with van der Waals surface area (Å²) in [5, 5.41) is 10.8. The highest BCUT2D eigenvalue weighted by Gasteiger charge is 2.37. The second-order valence-corrected chi connectivity index (χ2v) is 7.37. The van der Waals surface area contributed by atoms with Crippen molar-refractivity contribution in [2.24, 2.45) is 0 Å². The Kier molecular flexibility index (Phi) is 3.70. The fourth-order valence-electron chi connectivity index (χ4n) is 4.33. The molecule has 1 aliphatic carbocycles. The second-order valence-electron chi connectivity index (χ2n) is 7.37. The van der Waals surface area contributed by atoms with Crippen molar-refractivity contribution in [2.75, 3.05) is 6.54 Å². The highest BCUT2D eigenvalue weighted by molar-refractivity contribution is 6.05. The van der Waals surface area contributed by atoms with E-state index in [2.05, 4.69) is 27.6 Å². The Morgan fingerprint density at radius 2 is 1.74 bits per heavy atom. The van der Waals surface area contributed by atoms with Crippen LogP contribution in [0.1, 0.15) is 28.0 Å². The summed E-state index contributed by atoms with van der Waals surface area (Å²) in [4.78, 5) is 27.2. The summed E-state index contributed by atoms with van der Waals surface area (Å²) in [6.07, 6.45) is 2.14. The van der Waals surface area contributed by atoms with Gasteiger partial charge in [0.15, 0.2) is 5.69 Å². The molecule has 27 heavy (non-hydrogen) atoms. The minimum atomic E-state index is -0.234. The molecule has 136 valence electrons. The Morgan fingerprint density at radius 1 is 1.04 bits per heavy atom. The average Bonchev–Trinajstić information content (AvgIpc) is 3.37. The van der Waals surface area contributed by atoms with E-state index in [0.29, 0.717) is 18.7 Å². The molecule has 1 aromatic heterocycles. The molecule has 0 bridgehead atoms. The first-order valence-corrected chi connectivity index (χ1v) is 9.29. The van der Waals surface area contributed by atoms with Crippen molar-refractivity contribution in [2.45, 2.75) is 31.3 Å². The van der Waals surface area contributed by atoms with Crippen molar-refractivity contribution in [3.05, 3.63) is 65.4 Å². The van der Waals surface area contributed by atoms with E-state index in [9.17, 15) is 9.59 Å². The lowest BCUT2D eigenvalue weighted by Gasteiger charge is -2.24. The number of aromatic nitrogens is 2. The number of hydrogen-bond donors (Lipinski definition) is 2. The summed E-state index contributed by atoms with van der Waals surface area (Å²) in [7, 11) is 0. The van der Waals surface area contributed by atoms with Crippen LogP contribution >= 0.6 is 0 Å². The van der Waals surface area contributed by atoms with Gasteiger partial charge in [0.1, 0.15) is 0 Å². The Labute approximate surface area is 156 Å². The van der Waals surface area contributed by atoms with Crippen LogP contribution < -0.4 is 5.32 Å². The maximum absolute atomic E-state index is 12.7. The third-order valence-corrected chi connectivity index (χ3v) is 5.65. The van der Waals surface area contributed by atoms with E-state index in [1.165, 1.54) is 11.1 Å². The molecule has 2 heterocycles. The number of nitrogens with one attached hydrogen (secondary N) is 2. The number of H-pyrrole nitrogens is 1. The SMILES string of the molecule is O=C(N[C@@H]1CC(=O)N(C2Cc3ccccc3C2)C1)c1n[nH]c2ccccc12. The number of carbonyl (C=O) groups excluding carboxylic acids is 2. The van der Waals surface area contributed by atoms with Crippen LogP contribution in [-0.4, -0.2) is 45.5 Å². The lowest BCUT2D eigenvalue weighted by atomic mass is 10.1. The summed E-state index contributed by atoms with van der Waals surface area (Å²) in [6.45, 7) is 0.561. The van der Waals surface area contributed by atoms with E-state index in [4.69, 9.17) is 0 Å². The minimum absolute atomic E-state index is 0.116. The van der Waals surface area contributed by atoms with E-state index < -0.39 is 0 Å². The summed E-state index contributed by atoms with van der Waals surface area (Å²) < 4.78 is 0. The van der Waals surface area contributed by atoms with Gasteiger partial charge in [-0.25, -0.2) is 0 Å². The van der Waals surface area contributed by atoms with E-state index >= 15 is 0 Å². The lowest BCUT2D eigenvalue weighted by Crippen LogP contribution is -2.41. The molecule has 0 radical (unpaired) electrons. The number of amides is 2. The molecule has 0 unspecified atom stereocenters. The third-order valence-electron chi connectivity index (χ3n) is 5.65. The zero-order valence-electron chi connectivity index (χ0n) is 14.8. The summed E-state index contributed by atoms with van der Waals surface area (Å²) in [5.74, 6) is -0.119. The molecule has 1 saturated heterocycles. The number of para-hydroxylation sites is 1. The van der Waals surface area contributed by atoms with Crippen molar-refractivity contribution >= 4 is 22.7 Å². The van der Waals surface area contributed by atoms with Crippen LogP contribution in [0.4, 0.5) is 0 Å². The molecule has 2 aromatic carbocycles. The van der Waals surface area contributed by atoms with Gasteiger partial charge in [-0.15, -0.1) is 0 Å². The quantitative estimate of drug-likeness (QED) is 0.750. The van der Waals surface area contributed by atoms with Crippen molar-refractivity contribution in [1.29, 1.82) is 0 Å². The maximum Gasteiger partial charge on any atom is 0.272 e. The van der Waals surface area contributed by atoms with E-state index in [-0.39, 0.29) is 23.9 Å². The molecule has 1 fully saturated rings. The monoisotopic (exact) mass is 360 g/mol. The third kappa shape index (κ3) is 2.77. The number of carbonyl (C=O) groups is 2. The van der Waals surface area contributed by atoms with Gasteiger partial charge in [0.25, 0.3) is 5.91 Å². The smallest absolute Gasteiger partial charge is 0.272 e. The van der Waals surface area contributed by atoms with Gasteiger partial charge in [-0.05, 0) is 30.0 Å². The molecule has 0 saturated carbocycles. The summed E-state index contributed by atoms with van der Waals surface area (Å²) in [6, 6.07) is 15.9. The van der Waals surface area contributed by atoms with Gasteiger partial charge in [-0.2, -0.15) is 5.10 Å². The van der Waals surface area contributed by atoms with Gasteiger partial charge in [-0.1, -0.05) is 42.5 Å². The lowest BCUT2D eigenvalue weighted by molar-refractivity contribution is -0.129. The second kappa shape index (κ2) is 6.23. The Balaban J connectivity index is 1.28. The molecule has 1 atom stereocenters. The molecule has 6 nitrogen and oxygen atoms in total. The minimum Gasteiger partial charge on any atom is -0.346 e. The topological polar surface area (TPSA) is 78.1 Å². The molecule has 3 aromatic rings. The Morgan fingerprint density at radius 3 is 2.52 bits per heavy atom. The molecule has 0 spiro atoms. The fourth-order valence-corrected chi connectivity index (χ4v) is 4.33. The molecule has 6 heteroatoms. The van der Waals surface area contributed by atoms with E-state index in [1.54, 1.807) is 0 Å². The zero-order chi connectivity index (χ0) is 18.4. The van der Waals surface area contributed by atoms with Crippen molar-refractivity contribution in [3.63, 3.8) is 0 Å². The number of fused-ring (bicyclic) bond motifs is 2. The molecule has 2 N–H and O–H groups in total. The summed E-state index contributed by atoms with van der Waals surface area (Å²) >= 11 is 0. The number of rotatable bonds is 3. The number of aromatic amines is 1. The number of hydrogen-bond acceptors (Lipinski definition) is 3. The number of nitrogens with zero attached hydrogens (tertiary/aromatic N) is 2. The molecule has 5 rings (SSSR count). The van der Waals surface area contributed by atoms with E-state index in [0.717, 1.165) is 23.7 Å². The van der Waals surface area contributed by atoms with Crippen LogP contribution in [0.25, 0.3) is 10.9 Å². The predicted molar refractivity (Wildman–Crippen MR) is 101 cm³/mol. The Hall–Kier alpha value is -3.15. The first kappa shape index (κ1) is 16.1. The van der Waals surface area contributed by atoms with Crippen LogP contribution in [0.15, 0.2) is 48.5 Å². The Bertz CT molecular complexity index is 1020. The molecule has 2 aliphatic rings. The van der Waals surface area contributed by atoms with Crippen molar-refractivity contribution in [1.82, 2.24) is 20.4 Å². The molecule has 2 amide bonds. The summed E-state index contributed by atoms with van der Waals surface area (Å²) in [5.41, 5.74) is 3.86. The maximum atomic E-state index is 12.7. The van der Waals surface area contributed by atoms with Gasteiger partial charge in [0.05, 0.1) is 11.6 Å². The van der Waals surface area contributed by atoms with Crippen LogP contribution in [-0.2, 0) is 17.6 Å². The zero-order valence-corrected chi connectivity index (χ0v) is 14.8. The van der Waals surface area contributed by atoms with Crippen molar-refractivity contribution in [3.8, 4) is 0 Å². The van der Waals surface area contributed by atoms with Crippen LogP contribution in [0.3, 0.4) is 0 Å². The van der Waals surface area contributed by atoms with Crippen LogP contribution in [0.2, 0.25) is 0 Å². The molecular weight excluding hydrogens is 340 g/mol. The number of likely N-dealkylation sites (tertiary alicyclic amines) is 1. The van der Waals surface area contributed by atoms with Gasteiger partial charge in [-0.3, -0.25) is 14.7 Å². The average molecular weight is 360 g/mol.